The van der Waals surface area contributed by atoms with Gasteiger partial charge in [0.05, 0.1) is 0 Å². The highest BCUT2D eigenvalue weighted by Gasteiger charge is 1.93. The summed E-state index contributed by atoms with van der Waals surface area (Å²) in [6, 6.07) is 0. The van der Waals surface area contributed by atoms with Gasteiger partial charge in [0.2, 0.25) is 0 Å². The molecule has 0 saturated heterocycles. The van der Waals surface area contributed by atoms with Crippen molar-refractivity contribution >= 4 is 11.8 Å². The van der Waals surface area contributed by atoms with Crippen LogP contribution in [0.2, 0.25) is 0 Å². The van der Waals surface area contributed by atoms with E-state index in [2.05, 4.69) is 37.8 Å². The first-order valence-corrected chi connectivity index (χ1v) is 6.21. The average molecular weight is 189 g/mol. The van der Waals surface area contributed by atoms with Gasteiger partial charge in [-0.15, -0.1) is 0 Å². The highest BCUT2D eigenvalue weighted by Crippen LogP contribution is 2.09. The van der Waals surface area contributed by atoms with Gasteiger partial charge < -0.3 is 5.32 Å². The SMILES string of the molecule is CCNCCCSCCC(C)C. The van der Waals surface area contributed by atoms with Gasteiger partial charge in [0.25, 0.3) is 0 Å². The molecule has 0 aromatic carbocycles. The molecule has 1 N–H and O–H groups in total. The summed E-state index contributed by atoms with van der Waals surface area (Å²) in [6.45, 7) is 9.03. The molecule has 0 aromatic rings. The van der Waals surface area contributed by atoms with E-state index in [-0.39, 0.29) is 0 Å². The average Bonchev–Trinajstić information content (AvgIpc) is 2.02. The molecule has 2 heteroatoms. The Morgan fingerprint density at radius 3 is 2.58 bits per heavy atom. The maximum Gasteiger partial charge on any atom is -0.00412 e. The Hall–Kier alpha value is 0.310. The van der Waals surface area contributed by atoms with Crippen LogP contribution >= 0.6 is 11.8 Å². The zero-order valence-corrected chi connectivity index (χ0v) is 9.54. The molecule has 0 aliphatic rings. The molecule has 0 aliphatic carbocycles. The second-order valence-corrected chi connectivity index (χ2v) is 4.73. The van der Waals surface area contributed by atoms with E-state index in [1.165, 1.54) is 30.9 Å². The van der Waals surface area contributed by atoms with Crippen LogP contribution in [0.4, 0.5) is 0 Å². The summed E-state index contributed by atoms with van der Waals surface area (Å²) >= 11 is 2.09. The minimum Gasteiger partial charge on any atom is -0.317 e. The summed E-state index contributed by atoms with van der Waals surface area (Å²) in [5.41, 5.74) is 0. The third-order valence-electron chi connectivity index (χ3n) is 1.73. The molecule has 0 atom stereocenters. The van der Waals surface area contributed by atoms with E-state index in [1.54, 1.807) is 0 Å². The van der Waals surface area contributed by atoms with Gasteiger partial charge in [0.1, 0.15) is 0 Å². The second-order valence-electron chi connectivity index (χ2n) is 3.50. The zero-order valence-electron chi connectivity index (χ0n) is 8.73. The van der Waals surface area contributed by atoms with Crippen molar-refractivity contribution in [3.05, 3.63) is 0 Å². The Morgan fingerprint density at radius 2 is 2.00 bits per heavy atom. The summed E-state index contributed by atoms with van der Waals surface area (Å²) < 4.78 is 0. The lowest BCUT2D eigenvalue weighted by atomic mass is 10.2. The van der Waals surface area contributed by atoms with E-state index in [0.717, 1.165) is 12.5 Å². The van der Waals surface area contributed by atoms with Crippen molar-refractivity contribution in [3.8, 4) is 0 Å². The van der Waals surface area contributed by atoms with Gasteiger partial charge in [-0.2, -0.15) is 11.8 Å². The fourth-order valence-electron chi connectivity index (χ4n) is 0.897. The van der Waals surface area contributed by atoms with Crippen LogP contribution in [-0.2, 0) is 0 Å². The number of hydrogen-bond acceptors (Lipinski definition) is 2. The van der Waals surface area contributed by atoms with Crippen LogP contribution in [0.5, 0.6) is 0 Å². The summed E-state index contributed by atoms with van der Waals surface area (Å²) in [4.78, 5) is 0. The third-order valence-corrected chi connectivity index (χ3v) is 2.83. The predicted octanol–water partition coefficient (Wildman–Crippen LogP) is 2.77. The summed E-state index contributed by atoms with van der Waals surface area (Å²) in [7, 11) is 0. The van der Waals surface area contributed by atoms with Crippen molar-refractivity contribution in [2.75, 3.05) is 24.6 Å². The zero-order chi connectivity index (χ0) is 9.23. The van der Waals surface area contributed by atoms with Crippen molar-refractivity contribution in [2.45, 2.75) is 33.6 Å². The van der Waals surface area contributed by atoms with E-state index in [9.17, 15) is 0 Å². The molecule has 0 saturated carbocycles. The van der Waals surface area contributed by atoms with Gasteiger partial charge >= 0.3 is 0 Å². The first kappa shape index (κ1) is 12.3. The van der Waals surface area contributed by atoms with Gasteiger partial charge in [-0.3, -0.25) is 0 Å². The highest BCUT2D eigenvalue weighted by atomic mass is 32.2. The Labute approximate surface area is 81.7 Å². The molecule has 0 radical (unpaired) electrons. The maximum absolute atomic E-state index is 3.33. The first-order valence-electron chi connectivity index (χ1n) is 5.05. The number of nitrogens with one attached hydrogen (secondary N) is 1. The normalized spacial score (nSPS) is 11.0. The van der Waals surface area contributed by atoms with Crippen LogP contribution in [0.25, 0.3) is 0 Å². The van der Waals surface area contributed by atoms with E-state index in [0.29, 0.717) is 0 Å². The third kappa shape index (κ3) is 10.3. The Balaban J connectivity index is 2.82. The molecule has 0 heterocycles. The van der Waals surface area contributed by atoms with Gasteiger partial charge in [-0.05, 0) is 43.4 Å². The topological polar surface area (TPSA) is 12.0 Å². The molecular weight excluding hydrogens is 166 g/mol. The smallest absolute Gasteiger partial charge is 0.00412 e. The van der Waals surface area contributed by atoms with Gasteiger partial charge in [0, 0.05) is 0 Å². The van der Waals surface area contributed by atoms with E-state index < -0.39 is 0 Å². The van der Waals surface area contributed by atoms with Crippen LogP contribution in [0.1, 0.15) is 33.6 Å². The van der Waals surface area contributed by atoms with E-state index >= 15 is 0 Å². The summed E-state index contributed by atoms with van der Waals surface area (Å²) in [6.07, 6.45) is 2.68. The maximum atomic E-state index is 3.33. The standard InChI is InChI=1S/C10H23NS/c1-4-11-7-5-8-12-9-6-10(2)3/h10-11H,4-9H2,1-3H3. The Kier molecular flexibility index (Phi) is 9.64. The molecule has 0 unspecified atom stereocenters. The van der Waals surface area contributed by atoms with Crippen LogP contribution in [0.3, 0.4) is 0 Å². The number of thioether (sulfide) groups is 1. The highest BCUT2D eigenvalue weighted by molar-refractivity contribution is 7.99. The molecule has 12 heavy (non-hydrogen) atoms. The monoisotopic (exact) mass is 189 g/mol. The lowest BCUT2D eigenvalue weighted by Gasteiger charge is -2.04. The molecule has 0 fully saturated rings. The van der Waals surface area contributed by atoms with Gasteiger partial charge in [-0.25, -0.2) is 0 Å². The van der Waals surface area contributed by atoms with Gasteiger partial charge in [0.15, 0.2) is 0 Å². The molecule has 0 spiro atoms. The summed E-state index contributed by atoms with van der Waals surface area (Å²) in [5, 5.41) is 3.33. The molecule has 1 nitrogen and oxygen atoms in total. The minimum atomic E-state index is 0.867. The quantitative estimate of drug-likeness (QED) is 0.589. The van der Waals surface area contributed by atoms with E-state index in [4.69, 9.17) is 0 Å². The molecule has 0 amide bonds. The van der Waals surface area contributed by atoms with Crippen molar-refractivity contribution < 1.29 is 0 Å². The molecular formula is C10H23NS. The van der Waals surface area contributed by atoms with Crippen molar-refractivity contribution in [2.24, 2.45) is 5.92 Å². The second kappa shape index (κ2) is 9.40. The molecule has 0 bridgehead atoms. The molecule has 74 valence electrons. The number of hydrogen-bond donors (Lipinski definition) is 1. The van der Waals surface area contributed by atoms with Crippen LogP contribution in [0, 0.1) is 5.92 Å². The lowest BCUT2D eigenvalue weighted by molar-refractivity contribution is 0.631. The molecule has 0 aromatic heterocycles. The van der Waals surface area contributed by atoms with Crippen LogP contribution in [0.15, 0.2) is 0 Å². The van der Waals surface area contributed by atoms with Crippen molar-refractivity contribution in [3.63, 3.8) is 0 Å². The summed E-state index contributed by atoms with van der Waals surface area (Å²) in [5.74, 6) is 3.52. The van der Waals surface area contributed by atoms with Gasteiger partial charge in [-0.1, -0.05) is 20.8 Å². The Morgan fingerprint density at radius 1 is 1.25 bits per heavy atom. The van der Waals surface area contributed by atoms with E-state index in [1.807, 2.05) is 0 Å². The largest absolute Gasteiger partial charge is 0.317 e. The molecule has 0 rings (SSSR count). The van der Waals surface area contributed by atoms with Crippen LogP contribution in [-0.4, -0.2) is 24.6 Å². The van der Waals surface area contributed by atoms with Crippen molar-refractivity contribution in [1.29, 1.82) is 0 Å². The fraction of sp³-hybridized carbons (Fsp3) is 1.00. The minimum absolute atomic E-state index is 0.867. The lowest BCUT2D eigenvalue weighted by Crippen LogP contribution is -2.14. The van der Waals surface area contributed by atoms with Crippen LogP contribution < -0.4 is 5.32 Å². The fourth-order valence-corrected chi connectivity index (χ4v) is 2.09. The Bertz CT molecular complexity index is 83.9. The molecule has 0 aliphatic heterocycles. The first-order chi connectivity index (χ1) is 5.77. The predicted molar refractivity (Wildman–Crippen MR) is 59.9 cm³/mol. The number of rotatable bonds is 8. The van der Waals surface area contributed by atoms with Crippen molar-refractivity contribution in [1.82, 2.24) is 5.32 Å².